The van der Waals surface area contributed by atoms with Crippen LogP contribution in [0.4, 0.5) is 4.79 Å². The lowest BCUT2D eigenvalue weighted by molar-refractivity contribution is -0.130. The lowest BCUT2D eigenvalue weighted by Crippen LogP contribution is -2.67. The van der Waals surface area contributed by atoms with Crippen molar-refractivity contribution in [2.24, 2.45) is 0 Å². The number of ether oxygens (including phenoxy) is 1. The SMILES string of the molecule is Cc1n[nH]c(C)c1Cc1ccc(C(=O)NC2CCOCC23NC(=O)NC3=O)cc1. The summed E-state index contributed by atoms with van der Waals surface area (Å²) in [7, 11) is 0. The van der Waals surface area contributed by atoms with E-state index >= 15 is 0 Å². The van der Waals surface area contributed by atoms with Crippen molar-refractivity contribution in [3.05, 3.63) is 52.3 Å². The fourth-order valence-electron chi connectivity index (χ4n) is 3.88. The average molecular weight is 397 g/mol. The molecule has 2 unspecified atom stereocenters. The van der Waals surface area contributed by atoms with Gasteiger partial charge in [-0.25, -0.2) is 4.79 Å². The van der Waals surface area contributed by atoms with Crippen molar-refractivity contribution in [1.82, 2.24) is 26.1 Å². The fraction of sp³-hybridized carbons (Fsp3) is 0.400. The van der Waals surface area contributed by atoms with Crippen LogP contribution in [-0.4, -0.2) is 52.8 Å². The molecule has 2 aliphatic rings. The maximum atomic E-state index is 12.8. The molecule has 4 N–H and O–H groups in total. The van der Waals surface area contributed by atoms with Crippen LogP contribution < -0.4 is 16.0 Å². The zero-order valence-electron chi connectivity index (χ0n) is 16.3. The number of nitrogens with one attached hydrogen (secondary N) is 4. The Morgan fingerprint density at radius 3 is 2.66 bits per heavy atom. The van der Waals surface area contributed by atoms with E-state index in [1.165, 1.54) is 0 Å². The summed E-state index contributed by atoms with van der Waals surface area (Å²) < 4.78 is 5.39. The average Bonchev–Trinajstić information content (AvgIpc) is 3.16. The Morgan fingerprint density at radius 2 is 2.03 bits per heavy atom. The normalized spacial score (nSPS) is 23.7. The third-order valence-electron chi connectivity index (χ3n) is 5.63. The van der Waals surface area contributed by atoms with Crippen LogP contribution in [0.5, 0.6) is 0 Å². The minimum atomic E-state index is -1.26. The maximum Gasteiger partial charge on any atom is 0.322 e. The molecule has 0 radical (unpaired) electrons. The van der Waals surface area contributed by atoms with Crippen LogP contribution in [-0.2, 0) is 16.0 Å². The highest BCUT2D eigenvalue weighted by Gasteiger charge is 2.54. The zero-order valence-corrected chi connectivity index (χ0v) is 16.3. The van der Waals surface area contributed by atoms with Gasteiger partial charge < -0.3 is 15.4 Å². The quantitative estimate of drug-likeness (QED) is 0.566. The minimum Gasteiger partial charge on any atom is -0.378 e. The first-order valence-corrected chi connectivity index (χ1v) is 9.50. The van der Waals surface area contributed by atoms with Gasteiger partial charge in [-0.05, 0) is 38.0 Å². The standard InChI is InChI=1S/C20H23N5O4/c1-11-15(12(2)25-24-11)9-13-3-5-14(6-4-13)17(26)21-16-7-8-29-10-20(16)18(27)22-19(28)23-20/h3-6,16H,7-10H2,1-2H3,(H,21,26)(H,24,25)(H2,22,23,27,28). The number of carbonyl (C=O) groups is 3. The number of aromatic nitrogens is 2. The molecule has 2 aliphatic heterocycles. The van der Waals surface area contributed by atoms with E-state index in [1.54, 1.807) is 12.1 Å². The molecule has 2 atom stereocenters. The molecule has 2 fully saturated rings. The molecule has 0 saturated carbocycles. The Bertz CT molecular complexity index is 948. The molecular formula is C20H23N5O4. The molecule has 29 heavy (non-hydrogen) atoms. The number of hydrogen-bond acceptors (Lipinski definition) is 5. The molecule has 4 amide bonds. The number of nitrogens with zero attached hydrogens (tertiary/aromatic N) is 1. The van der Waals surface area contributed by atoms with Crippen molar-refractivity contribution in [2.75, 3.05) is 13.2 Å². The van der Waals surface area contributed by atoms with Crippen molar-refractivity contribution in [3.63, 3.8) is 0 Å². The summed E-state index contributed by atoms with van der Waals surface area (Å²) in [5.41, 5.74) is 3.44. The van der Waals surface area contributed by atoms with E-state index < -0.39 is 23.5 Å². The maximum absolute atomic E-state index is 12.8. The van der Waals surface area contributed by atoms with Crippen LogP contribution in [0.25, 0.3) is 0 Å². The van der Waals surface area contributed by atoms with Crippen LogP contribution >= 0.6 is 0 Å². The van der Waals surface area contributed by atoms with E-state index in [0.29, 0.717) is 18.6 Å². The second kappa shape index (κ2) is 7.32. The van der Waals surface area contributed by atoms with Crippen LogP contribution in [0, 0.1) is 13.8 Å². The van der Waals surface area contributed by atoms with E-state index in [4.69, 9.17) is 4.74 Å². The highest BCUT2D eigenvalue weighted by molar-refractivity contribution is 6.08. The van der Waals surface area contributed by atoms with Crippen LogP contribution in [0.1, 0.15) is 39.3 Å². The fourth-order valence-corrected chi connectivity index (χ4v) is 3.88. The third kappa shape index (κ3) is 3.49. The summed E-state index contributed by atoms with van der Waals surface area (Å²) in [6.45, 7) is 4.37. The van der Waals surface area contributed by atoms with Gasteiger partial charge in [0.05, 0.1) is 18.3 Å². The first kappa shape index (κ1) is 19.1. The van der Waals surface area contributed by atoms with Crippen molar-refractivity contribution in [2.45, 2.75) is 38.3 Å². The smallest absolute Gasteiger partial charge is 0.322 e. The van der Waals surface area contributed by atoms with Crippen molar-refractivity contribution >= 4 is 17.8 Å². The summed E-state index contributed by atoms with van der Waals surface area (Å²) in [6.07, 6.45) is 1.15. The van der Waals surface area contributed by atoms with Crippen LogP contribution in [0.3, 0.4) is 0 Å². The molecule has 9 heteroatoms. The van der Waals surface area contributed by atoms with Gasteiger partial charge in [0.25, 0.3) is 11.8 Å². The third-order valence-corrected chi connectivity index (χ3v) is 5.63. The lowest BCUT2D eigenvalue weighted by atomic mass is 9.86. The number of aromatic amines is 1. The van der Waals surface area contributed by atoms with E-state index in [2.05, 4.69) is 26.1 Å². The van der Waals surface area contributed by atoms with Gasteiger partial charge in [-0.1, -0.05) is 12.1 Å². The molecular weight excluding hydrogens is 374 g/mol. The molecule has 4 rings (SSSR count). The van der Waals surface area contributed by atoms with E-state index in [-0.39, 0.29) is 12.5 Å². The van der Waals surface area contributed by atoms with E-state index in [0.717, 1.165) is 28.9 Å². The second-order valence-corrected chi connectivity index (χ2v) is 7.53. The van der Waals surface area contributed by atoms with Gasteiger partial charge in [0.2, 0.25) is 0 Å². The molecule has 1 spiro atoms. The monoisotopic (exact) mass is 397 g/mol. The number of aryl methyl sites for hydroxylation is 2. The number of amides is 4. The largest absolute Gasteiger partial charge is 0.378 e. The zero-order chi connectivity index (χ0) is 20.6. The number of H-pyrrole nitrogens is 1. The Morgan fingerprint density at radius 1 is 1.28 bits per heavy atom. The summed E-state index contributed by atoms with van der Waals surface area (Å²) in [5.74, 6) is -0.777. The predicted octanol–water partition coefficient (Wildman–Crippen LogP) is 0.714. The van der Waals surface area contributed by atoms with Crippen LogP contribution in [0.15, 0.2) is 24.3 Å². The van der Waals surface area contributed by atoms with Gasteiger partial charge in [0.1, 0.15) is 0 Å². The highest BCUT2D eigenvalue weighted by Crippen LogP contribution is 2.24. The second-order valence-electron chi connectivity index (χ2n) is 7.53. The predicted molar refractivity (Wildman–Crippen MR) is 103 cm³/mol. The molecule has 9 nitrogen and oxygen atoms in total. The lowest BCUT2D eigenvalue weighted by Gasteiger charge is -2.38. The Kier molecular flexibility index (Phi) is 4.83. The summed E-state index contributed by atoms with van der Waals surface area (Å²) >= 11 is 0. The van der Waals surface area contributed by atoms with Crippen molar-refractivity contribution in [3.8, 4) is 0 Å². The topological polar surface area (TPSA) is 125 Å². The Hall–Kier alpha value is -3.20. The number of rotatable bonds is 4. The number of urea groups is 1. The van der Waals surface area contributed by atoms with Gasteiger partial charge in [-0.3, -0.25) is 20.0 Å². The molecule has 2 saturated heterocycles. The van der Waals surface area contributed by atoms with Gasteiger partial charge in [-0.2, -0.15) is 5.10 Å². The van der Waals surface area contributed by atoms with Gasteiger partial charge in [0, 0.05) is 29.8 Å². The van der Waals surface area contributed by atoms with Gasteiger partial charge in [-0.15, -0.1) is 0 Å². The summed E-state index contributed by atoms with van der Waals surface area (Å²) in [5, 5.41) is 14.9. The first-order chi connectivity index (χ1) is 13.9. The molecule has 2 aromatic rings. The Labute approximate surface area is 167 Å². The van der Waals surface area contributed by atoms with Crippen LogP contribution in [0.2, 0.25) is 0 Å². The summed E-state index contributed by atoms with van der Waals surface area (Å²) in [6, 6.07) is 6.21. The molecule has 3 heterocycles. The van der Waals surface area contributed by atoms with Crippen molar-refractivity contribution < 1.29 is 19.1 Å². The number of imide groups is 1. The first-order valence-electron chi connectivity index (χ1n) is 9.50. The van der Waals surface area contributed by atoms with Gasteiger partial charge >= 0.3 is 6.03 Å². The highest BCUT2D eigenvalue weighted by atomic mass is 16.5. The van der Waals surface area contributed by atoms with Gasteiger partial charge in [0.15, 0.2) is 5.54 Å². The van der Waals surface area contributed by atoms with Crippen molar-refractivity contribution in [1.29, 1.82) is 0 Å². The van der Waals surface area contributed by atoms with E-state index in [9.17, 15) is 14.4 Å². The molecule has 1 aromatic heterocycles. The number of carbonyl (C=O) groups excluding carboxylic acids is 3. The number of hydrogen-bond donors (Lipinski definition) is 4. The molecule has 0 aliphatic carbocycles. The number of benzene rings is 1. The Balaban J connectivity index is 1.47. The minimum absolute atomic E-state index is 0.0257. The molecule has 1 aromatic carbocycles. The molecule has 152 valence electrons. The van der Waals surface area contributed by atoms with E-state index in [1.807, 2.05) is 26.0 Å². The summed E-state index contributed by atoms with van der Waals surface area (Å²) in [4.78, 5) is 36.7. The molecule has 0 bridgehead atoms.